The summed E-state index contributed by atoms with van der Waals surface area (Å²) in [6.07, 6.45) is 2.17. The van der Waals surface area contributed by atoms with Gasteiger partial charge in [-0.15, -0.1) is 0 Å². The van der Waals surface area contributed by atoms with Gasteiger partial charge in [-0.1, -0.05) is 6.92 Å². The highest BCUT2D eigenvalue weighted by atomic mass is 16.5. The molecule has 0 unspecified atom stereocenters. The van der Waals surface area contributed by atoms with Crippen molar-refractivity contribution in [1.82, 2.24) is 0 Å². The van der Waals surface area contributed by atoms with E-state index in [2.05, 4.69) is 0 Å². The quantitative estimate of drug-likeness (QED) is 0.609. The van der Waals surface area contributed by atoms with Crippen LogP contribution < -0.4 is 0 Å². The normalized spacial score (nSPS) is 25.4. The van der Waals surface area contributed by atoms with E-state index in [4.69, 9.17) is 4.74 Å². The molecule has 1 fully saturated rings. The number of esters is 1. The summed E-state index contributed by atoms with van der Waals surface area (Å²) in [5, 5.41) is 0. The molecule has 2 atom stereocenters. The average Bonchev–Trinajstić information content (AvgIpc) is 2.84. The molecule has 1 aliphatic carbocycles. The molecule has 0 aliphatic heterocycles. The highest BCUT2D eigenvalue weighted by Gasteiger charge is 2.48. The zero-order chi connectivity index (χ0) is 9.84. The van der Waals surface area contributed by atoms with Crippen molar-refractivity contribution in [2.24, 2.45) is 11.8 Å². The van der Waals surface area contributed by atoms with Crippen LogP contribution in [0.1, 0.15) is 33.1 Å². The predicted molar refractivity (Wildman–Crippen MR) is 48.1 cm³/mol. The average molecular weight is 184 g/mol. The van der Waals surface area contributed by atoms with Crippen molar-refractivity contribution in [1.29, 1.82) is 0 Å². The second kappa shape index (κ2) is 4.40. The van der Waals surface area contributed by atoms with Crippen molar-refractivity contribution < 1.29 is 14.3 Å². The van der Waals surface area contributed by atoms with Gasteiger partial charge in [-0.05, 0) is 19.8 Å². The maximum Gasteiger partial charge on any atom is 0.309 e. The first-order valence-electron chi connectivity index (χ1n) is 4.90. The third-order valence-electron chi connectivity index (χ3n) is 2.29. The summed E-state index contributed by atoms with van der Waals surface area (Å²) in [5.74, 6) is -0.129. The lowest BCUT2D eigenvalue weighted by Gasteiger charge is -1.99. The van der Waals surface area contributed by atoms with Crippen molar-refractivity contribution in [2.75, 3.05) is 6.61 Å². The predicted octanol–water partition coefficient (Wildman–Crippen LogP) is 1.55. The monoisotopic (exact) mass is 184 g/mol. The molecule has 0 amide bonds. The van der Waals surface area contributed by atoms with Gasteiger partial charge in [-0.25, -0.2) is 0 Å². The first kappa shape index (κ1) is 10.2. The Hall–Kier alpha value is -0.860. The molecular formula is C10H16O3. The van der Waals surface area contributed by atoms with Crippen LogP contribution in [0.25, 0.3) is 0 Å². The smallest absolute Gasteiger partial charge is 0.309 e. The van der Waals surface area contributed by atoms with E-state index in [1.807, 2.05) is 6.92 Å². The van der Waals surface area contributed by atoms with Gasteiger partial charge in [0, 0.05) is 12.3 Å². The molecule has 1 aliphatic rings. The maximum atomic E-state index is 11.3. The van der Waals surface area contributed by atoms with E-state index in [1.54, 1.807) is 6.92 Å². The minimum Gasteiger partial charge on any atom is -0.466 e. The first-order chi connectivity index (χ1) is 6.20. The SMILES string of the molecule is CCCC(=O)[C@H]1C[C@@H]1C(=O)OCC. The molecule has 0 heterocycles. The van der Waals surface area contributed by atoms with Crippen LogP contribution >= 0.6 is 0 Å². The summed E-state index contributed by atoms with van der Waals surface area (Å²) in [5.41, 5.74) is 0. The highest BCUT2D eigenvalue weighted by Crippen LogP contribution is 2.41. The molecule has 0 radical (unpaired) electrons. The van der Waals surface area contributed by atoms with Crippen molar-refractivity contribution in [3.63, 3.8) is 0 Å². The van der Waals surface area contributed by atoms with Crippen LogP contribution in [-0.4, -0.2) is 18.4 Å². The molecular weight excluding hydrogens is 168 g/mol. The Labute approximate surface area is 78.5 Å². The molecule has 0 aromatic heterocycles. The molecule has 0 saturated heterocycles. The molecule has 1 saturated carbocycles. The molecule has 0 N–H and O–H groups in total. The van der Waals surface area contributed by atoms with Crippen LogP contribution in [0.2, 0.25) is 0 Å². The second-order valence-electron chi connectivity index (χ2n) is 3.42. The van der Waals surface area contributed by atoms with Gasteiger partial charge in [0.1, 0.15) is 5.78 Å². The van der Waals surface area contributed by atoms with E-state index in [-0.39, 0.29) is 23.6 Å². The van der Waals surface area contributed by atoms with Crippen LogP contribution in [0.4, 0.5) is 0 Å². The second-order valence-corrected chi connectivity index (χ2v) is 3.42. The van der Waals surface area contributed by atoms with Crippen LogP contribution in [0.15, 0.2) is 0 Å². The van der Waals surface area contributed by atoms with E-state index < -0.39 is 0 Å². The largest absolute Gasteiger partial charge is 0.466 e. The van der Waals surface area contributed by atoms with Crippen LogP contribution in [0, 0.1) is 11.8 Å². The zero-order valence-electron chi connectivity index (χ0n) is 8.21. The zero-order valence-corrected chi connectivity index (χ0v) is 8.21. The highest BCUT2D eigenvalue weighted by molar-refractivity contribution is 5.91. The van der Waals surface area contributed by atoms with E-state index in [0.717, 1.165) is 6.42 Å². The van der Waals surface area contributed by atoms with Gasteiger partial charge in [-0.3, -0.25) is 9.59 Å². The number of Topliss-reactive ketones (excluding diaryl/α,β-unsaturated/α-hetero) is 1. The number of carbonyl (C=O) groups is 2. The minimum absolute atomic E-state index is 0.0287. The fourth-order valence-electron chi connectivity index (χ4n) is 1.49. The first-order valence-corrected chi connectivity index (χ1v) is 4.90. The number of ether oxygens (including phenoxy) is 1. The molecule has 3 nitrogen and oxygen atoms in total. The van der Waals surface area contributed by atoms with Crippen molar-refractivity contribution >= 4 is 11.8 Å². The summed E-state index contributed by atoms with van der Waals surface area (Å²) < 4.78 is 4.83. The molecule has 13 heavy (non-hydrogen) atoms. The number of rotatable bonds is 5. The van der Waals surface area contributed by atoms with E-state index >= 15 is 0 Å². The van der Waals surface area contributed by atoms with Crippen LogP contribution in [0.5, 0.6) is 0 Å². The van der Waals surface area contributed by atoms with Gasteiger partial charge in [0.2, 0.25) is 0 Å². The number of ketones is 1. The molecule has 0 aromatic carbocycles. The summed E-state index contributed by atoms with van der Waals surface area (Å²) in [6, 6.07) is 0. The van der Waals surface area contributed by atoms with E-state index in [9.17, 15) is 9.59 Å². The Balaban J connectivity index is 2.29. The van der Waals surface area contributed by atoms with Crippen molar-refractivity contribution in [3.05, 3.63) is 0 Å². The fraction of sp³-hybridized carbons (Fsp3) is 0.800. The summed E-state index contributed by atoms with van der Waals surface area (Å²) in [4.78, 5) is 22.5. The number of hydrogen-bond donors (Lipinski definition) is 0. The summed E-state index contributed by atoms with van der Waals surface area (Å²) in [6.45, 7) is 4.16. The minimum atomic E-state index is -0.197. The third kappa shape index (κ3) is 2.54. The lowest BCUT2D eigenvalue weighted by atomic mass is 10.1. The standard InChI is InChI=1S/C10H16O3/c1-3-5-9(11)7-6-8(7)10(12)13-4-2/h7-8H,3-6H2,1-2H3/t7-,8-/m0/s1. The lowest BCUT2D eigenvalue weighted by Crippen LogP contribution is -2.11. The van der Waals surface area contributed by atoms with Gasteiger partial charge < -0.3 is 4.74 Å². The molecule has 74 valence electrons. The van der Waals surface area contributed by atoms with E-state index in [1.165, 1.54) is 0 Å². The van der Waals surface area contributed by atoms with Gasteiger partial charge in [0.05, 0.1) is 12.5 Å². The molecule has 0 spiro atoms. The Morgan fingerprint density at radius 3 is 2.54 bits per heavy atom. The van der Waals surface area contributed by atoms with Crippen LogP contribution in [0.3, 0.4) is 0 Å². The van der Waals surface area contributed by atoms with Gasteiger partial charge in [-0.2, -0.15) is 0 Å². The summed E-state index contributed by atoms with van der Waals surface area (Å²) in [7, 11) is 0. The Kier molecular flexibility index (Phi) is 3.46. The third-order valence-corrected chi connectivity index (χ3v) is 2.29. The number of carbonyl (C=O) groups excluding carboxylic acids is 2. The molecule has 3 heteroatoms. The maximum absolute atomic E-state index is 11.3. The van der Waals surface area contributed by atoms with Gasteiger partial charge in [0.15, 0.2) is 0 Å². The Morgan fingerprint density at radius 1 is 1.31 bits per heavy atom. The number of hydrogen-bond acceptors (Lipinski definition) is 3. The van der Waals surface area contributed by atoms with Crippen molar-refractivity contribution in [2.45, 2.75) is 33.1 Å². The van der Waals surface area contributed by atoms with Crippen LogP contribution in [-0.2, 0) is 14.3 Å². The fourth-order valence-corrected chi connectivity index (χ4v) is 1.49. The van der Waals surface area contributed by atoms with E-state index in [0.29, 0.717) is 19.4 Å². The Morgan fingerprint density at radius 2 is 2.00 bits per heavy atom. The van der Waals surface area contributed by atoms with Gasteiger partial charge in [0.25, 0.3) is 0 Å². The van der Waals surface area contributed by atoms with Gasteiger partial charge >= 0.3 is 5.97 Å². The lowest BCUT2D eigenvalue weighted by molar-refractivity contribution is -0.145. The molecule has 0 bridgehead atoms. The molecule has 1 rings (SSSR count). The topological polar surface area (TPSA) is 43.4 Å². The summed E-state index contributed by atoms with van der Waals surface area (Å²) >= 11 is 0. The van der Waals surface area contributed by atoms with Crippen molar-refractivity contribution in [3.8, 4) is 0 Å². The molecule has 0 aromatic rings. The Bertz CT molecular complexity index is 188.